The van der Waals surface area contributed by atoms with Gasteiger partial charge in [0.25, 0.3) is 0 Å². The largest absolute Gasteiger partial charge is 0.492 e. The first-order chi connectivity index (χ1) is 8.79. The standard InChI is InChI=1S/C15H11ClO2/c16-14-8-11(4-5-12(14)9-17)13-3-1-2-10-6-7-18-15(10)13/h1-5,8-9H,6-7H2. The summed E-state index contributed by atoms with van der Waals surface area (Å²) in [4.78, 5) is 10.8. The Morgan fingerprint density at radius 2 is 2.11 bits per heavy atom. The van der Waals surface area contributed by atoms with Gasteiger partial charge < -0.3 is 4.74 Å². The minimum Gasteiger partial charge on any atom is -0.492 e. The fourth-order valence-electron chi connectivity index (χ4n) is 2.23. The molecule has 90 valence electrons. The van der Waals surface area contributed by atoms with Crippen molar-refractivity contribution >= 4 is 17.9 Å². The third kappa shape index (κ3) is 1.79. The second-order valence-electron chi connectivity index (χ2n) is 4.25. The van der Waals surface area contributed by atoms with E-state index in [1.54, 1.807) is 6.07 Å². The molecule has 0 fully saturated rings. The summed E-state index contributed by atoms with van der Waals surface area (Å²) in [5, 5.41) is 0.470. The molecule has 2 aromatic carbocycles. The molecule has 0 spiro atoms. The lowest BCUT2D eigenvalue weighted by Crippen LogP contribution is -1.89. The minimum absolute atomic E-state index is 0.470. The highest BCUT2D eigenvalue weighted by molar-refractivity contribution is 6.33. The van der Waals surface area contributed by atoms with E-state index in [0.29, 0.717) is 10.6 Å². The molecule has 0 atom stereocenters. The van der Waals surface area contributed by atoms with Crippen LogP contribution in [-0.2, 0) is 6.42 Å². The Balaban J connectivity index is 2.13. The van der Waals surface area contributed by atoms with Gasteiger partial charge >= 0.3 is 0 Å². The Morgan fingerprint density at radius 1 is 1.22 bits per heavy atom. The molecular formula is C15H11ClO2. The predicted molar refractivity (Wildman–Crippen MR) is 71.5 cm³/mol. The number of carbonyl (C=O) groups is 1. The minimum atomic E-state index is 0.470. The molecule has 0 N–H and O–H groups in total. The predicted octanol–water partition coefficient (Wildman–Crippen LogP) is 3.75. The van der Waals surface area contributed by atoms with Gasteiger partial charge in [0.15, 0.2) is 6.29 Å². The zero-order valence-electron chi connectivity index (χ0n) is 9.65. The van der Waals surface area contributed by atoms with Crippen LogP contribution in [0.25, 0.3) is 11.1 Å². The SMILES string of the molecule is O=Cc1ccc(-c2cccc3c2OCC3)cc1Cl. The molecule has 0 bridgehead atoms. The molecule has 2 aromatic rings. The van der Waals surface area contributed by atoms with E-state index in [9.17, 15) is 4.79 Å². The van der Waals surface area contributed by atoms with Crippen LogP contribution >= 0.6 is 11.6 Å². The monoisotopic (exact) mass is 258 g/mol. The summed E-state index contributed by atoms with van der Waals surface area (Å²) in [5.41, 5.74) is 3.74. The van der Waals surface area contributed by atoms with E-state index >= 15 is 0 Å². The van der Waals surface area contributed by atoms with Crippen molar-refractivity contribution in [2.75, 3.05) is 6.61 Å². The Morgan fingerprint density at radius 3 is 2.89 bits per heavy atom. The number of hydrogen-bond acceptors (Lipinski definition) is 2. The van der Waals surface area contributed by atoms with Crippen molar-refractivity contribution in [1.82, 2.24) is 0 Å². The molecule has 0 aliphatic carbocycles. The van der Waals surface area contributed by atoms with Gasteiger partial charge in [-0.1, -0.05) is 35.9 Å². The average molecular weight is 259 g/mol. The fourth-order valence-corrected chi connectivity index (χ4v) is 2.46. The van der Waals surface area contributed by atoms with E-state index in [-0.39, 0.29) is 0 Å². The molecule has 0 amide bonds. The molecule has 2 nitrogen and oxygen atoms in total. The Kier molecular flexibility index (Phi) is 2.80. The van der Waals surface area contributed by atoms with Gasteiger partial charge in [0.1, 0.15) is 5.75 Å². The summed E-state index contributed by atoms with van der Waals surface area (Å²) in [7, 11) is 0. The first-order valence-corrected chi connectivity index (χ1v) is 6.17. The quantitative estimate of drug-likeness (QED) is 0.767. The van der Waals surface area contributed by atoms with Crippen LogP contribution in [0.2, 0.25) is 5.02 Å². The number of carbonyl (C=O) groups excluding carboxylic acids is 1. The average Bonchev–Trinajstić information content (AvgIpc) is 2.86. The molecule has 1 aliphatic rings. The summed E-state index contributed by atoms with van der Waals surface area (Å²) in [6, 6.07) is 11.5. The summed E-state index contributed by atoms with van der Waals surface area (Å²) < 4.78 is 5.67. The summed E-state index contributed by atoms with van der Waals surface area (Å²) >= 11 is 6.06. The zero-order valence-corrected chi connectivity index (χ0v) is 10.4. The zero-order chi connectivity index (χ0) is 12.5. The fraction of sp³-hybridized carbons (Fsp3) is 0.133. The van der Waals surface area contributed by atoms with Crippen molar-refractivity contribution in [1.29, 1.82) is 0 Å². The van der Waals surface area contributed by atoms with Gasteiger partial charge in [-0.2, -0.15) is 0 Å². The van der Waals surface area contributed by atoms with Crippen LogP contribution in [0.3, 0.4) is 0 Å². The van der Waals surface area contributed by atoms with Crippen LogP contribution in [0.1, 0.15) is 15.9 Å². The molecule has 0 radical (unpaired) electrons. The van der Waals surface area contributed by atoms with Gasteiger partial charge in [-0.3, -0.25) is 4.79 Å². The smallest absolute Gasteiger partial charge is 0.151 e. The highest BCUT2D eigenvalue weighted by Gasteiger charge is 2.17. The van der Waals surface area contributed by atoms with E-state index in [4.69, 9.17) is 16.3 Å². The van der Waals surface area contributed by atoms with E-state index in [0.717, 1.165) is 36.2 Å². The van der Waals surface area contributed by atoms with Crippen LogP contribution < -0.4 is 4.74 Å². The number of rotatable bonds is 2. The van der Waals surface area contributed by atoms with Crippen LogP contribution in [0.15, 0.2) is 36.4 Å². The topological polar surface area (TPSA) is 26.3 Å². The number of halogens is 1. The maximum atomic E-state index is 10.8. The van der Waals surface area contributed by atoms with Gasteiger partial charge in [0.05, 0.1) is 11.6 Å². The summed E-state index contributed by atoms with van der Waals surface area (Å²) in [5.74, 6) is 0.937. The van der Waals surface area contributed by atoms with Gasteiger partial charge in [-0.15, -0.1) is 0 Å². The summed E-state index contributed by atoms with van der Waals surface area (Å²) in [6.45, 7) is 0.729. The van der Waals surface area contributed by atoms with Crippen molar-refractivity contribution in [3.8, 4) is 16.9 Å². The van der Waals surface area contributed by atoms with Crippen molar-refractivity contribution < 1.29 is 9.53 Å². The molecule has 0 unspecified atom stereocenters. The number of fused-ring (bicyclic) bond motifs is 1. The lowest BCUT2D eigenvalue weighted by Gasteiger charge is -2.09. The van der Waals surface area contributed by atoms with E-state index in [1.807, 2.05) is 24.3 Å². The number of benzene rings is 2. The molecule has 0 saturated carbocycles. The lowest BCUT2D eigenvalue weighted by atomic mass is 10.0. The molecule has 3 heteroatoms. The van der Waals surface area contributed by atoms with Crippen molar-refractivity contribution in [2.45, 2.75) is 6.42 Å². The maximum absolute atomic E-state index is 10.8. The van der Waals surface area contributed by atoms with Crippen LogP contribution in [0.5, 0.6) is 5.75 Å². The number of hydrogen-bond donors (Lipinski definition) is 0. The molecule has 18 heavy (non-hydrogen) atoms. The van der Waals surface area contributed by atoms with E-state index in [1.165, 1.54) is 5.56 Å². The van der Waals surface area contributed by atoms with Crippen molar-refractivity contribution in [3.05, 3.63) is 52.5 Å². The lowest BCUT2D eigenvalue weighted by molar-refractivity contribution is 0.112. The first kappa shape index (κ1) is 11.3. The second-order valence-corrected chi connectivity index (χ2v) is 4.65. The summed E-state index contributed by atoms with van der Waals surface area (Å²) in [6.07, 6.45) is 1.71. The number of aldehydes is 1. The normalized spacial score (nSPS) is 12.9. The van der Waals surface area contributed by atoms with E-state index in [2.05, 4.69) is 6.07 Å². The Bertz CT molecular complexity index is 620. The molecule has 0 saturated heterocycles. The van der Waals surface area contributed by atoms with Crippen LogP contribution in [0, 0.1) is 0 Å². The third-order valence-electron chi connectivity index (χ3n) is 3.15. The highest BCUT2D eigenvalue weighted by atomic mass is 35.5. The molecule has 0 aromatic heterocycles. The van der Waals surface area contributed by atoms with Crippen molar-refractivity contribution in [3.63, 3.8) is 0 Å². The molecular weight excluding hydrogens is 248 g/mol. The van der Waals surface area contributed by atoms with Crippen LogP contribution in [-0.4, -0.2) is 12.9 Å². The first-order valence-electron chi connectivity index (χ1n) is 5.79. The van der Waals surface area contributed by atoms with Crippen molar-refractivity contribution in [2.24, 2.45) is 0 Å². The maximum Gasteiger partial charge on any atom is 0.151 e. The second kappa shape index (κ2) is 4.46. The van der Waals surface area contributed by atoms with Gasteiger partial charge in [-0.05, 0) is 23.3 Å². The number of para-hydroxylation sites is 1. The molecule has 1 aliphatic heterocycles. The van der Waals surface area contributed by atoms with Gasteiger partial charge in [0.2, 0.25) is 0 Å². The van der Waals surface area contributed by atoms with E-state index < -0.39 is 0 Å². The van der Waals surface area contributed by atoms with Gasteiger partial charge in [-0.25, -0.2) is 0 Å². The Hall–Kier alpha value is -1.80. The molecule has 1 heterocycles. The Labute approximate surface area is 110 Å². The van der Waals surface area contributed by atoms with Gasteiger partial charge in [0, 0.05) is 17.5 Å². The molecule has 3 rings (SSSR count). The highest BCUT2D eigenvalue weighted by Crippen LogP contribution is 2.37. The number of ether oxygens (including phenoxy) is 1. The third-order valence-corrected chi connectivity index (χ3v) is 3.48. The van der Waals surface area contributed by atoms with Crippen LogP contribution in [0.4, 0.5) is 0 Å².